The second-order valence-corrected chi connectivity index (χ2v) is 16.8. The fourth-order valence-corrected chi connectivity index (χ4v) is 8.89. The Kier molecular flexibility index (Phi) is 8.94. The lowest BCUT2D eigenvalue weighted by Crippen LogP contribution is -2.01. The Morgan fingerprint density at radius 1 is 0.466 bits per heavy atom. The molecular formula is C46H33N3O7S2. The lowest BCUT2D eigenvalue weighted by atomic mass is 10.0. The largest absolute Gasteiger partial charge is 0.456 e. The molecule has 0 fully saturated rings. The molecule has 8 bridgehead atoms. The minimum atomic E-state index is -4.74. The standard InChI is InChI=1S/C46H33N3O7S2/c1-27-11-15-29(16-12-27)43-33-19-20-34(47-33)44(30-17-13-28(2)14-18-30)36-22-24-38(49-36)46(32-8-4-6-10-42(32)58(53,54)55)40-26-25-39(56-40)45(37-23-21-35(43)48-37)31-7-3-5-9-41(31)57(50,51)52/h3-26,47H,1-2H3,(H,50,51,52)(H,53,54,55). The van der Waals surface area contributed by atoms with Crippen LogP contribution in [-0.2, 0) is 20.2 Å². The van der Waals surface area contributed by atoms with Crippen LogP contribution in [0.15, 0.2) is 136 Å². The SMILES string of the molecule is Cc1ccc(-c2c3nc(c(-c4ccccc4S(=O)(=O)O)c4ccc(o4)c(-c4ccccc4S(=O)(=O)O)c4nc(c(-c5ccc(C)cc5)c5ccc2[nH]5)C=C4)C=C3)cc1. The molecule has 0 aliphatic carbocycles. The number of furan rings is 1. The number of hydrogen-bond acceptors (Lipinski definition) is 7. The Morgan fingerprint density at radius 2 is 0.828 bits per heavy atom. The van der Waals surface area contributed by atoms with Crippen LogP contribution in [0.2, 0.25) is 0 Å². The summed E-state index contributed by atoms with van der Waals surface area (Å²) in [4.78, 5) is 13.2. The summed E-state index contributed by atoms with van der Waals surface area (Å²) in [6.45, 7) is 4.03. The van der Waals surface area contributed by atoms with Crippen molar-refractivity contribution in [1.82, 2.24) is 15.0 Å². The van der Waals surface area contributed by atoms with Gasteiger partial charge in [-0.05, 0) is 85.7 Å². The molecule has 3 aromatic heterocycles. The van der Waals surface area contributed by atoms with Crippen LogP contribution in [0, 0.1) is 13.8 Å². The zero-order chi connectivity index (χ0) is 40.3. The first kappa shape index (κ1) is 36.9. The zero-order valence-corrected chi connectivity index (χ0v) is 32.6. The maximum atomic E-state index is 12.9. The van der Waals surface area contributed by atoms with Crippen LogP contribution in [0.5, 0.6) is 0 Å². The second kappa shape index (κ2) is 14.0. The highest BCUT2D eigenvalue weighted by atomic mass is 32.2. The van der Waals surface area contributed by atoms with Gasteiger partial charge in [-0.25, -0.2) is 9.97 Å². The van der Waals surface area contributed by atoms with Crippen LogP contribution in [0.3, 0.4) is 0 Å². The average molecular weight is 804 g/mol. The summed E-state index contributed by atoms with van der Waals surface area (Å²) in [6.07, 6.45) is 7.21. The molecule has 7 aromatic rings. The Hall–Kier alpha value is -6.70. The van der Waals surface area contributed by atoms with Crippen molar-refractivity contribution in [2.75, 3.05) is 0 Å². The lowest BCUT2D eigenvalue weighted by molar-refractivity contribution is 0.481. The van der Waals surface area contributed by atoms with E-state index < -0.39 is 20.2 Å². The highest BCUT2D eigenvalue weighted by molar-refractivity contribution is 7.86. The molecule has 2 aliphatic rings. The number of hydrogen-bond donors (Lipinski definition) is 3. The summed E-state index contributed by atoms with van der Waals surface area (Å²) in [5, 5.41) is 0. The summed E-state index contributed by atoms with van der Waals surface area (Å²) < 4.78 is 78.9. The number of benzene rings is 4. The Morgan fingerprint density at radius 3 is 1.21 bits per heavy atom. The molecule has 10 nitrogen and oxygen atoms in total. The van der Waals surface area contributed by atoms with Crippen molar-refractivity contribution in [1.29, 1.82) is 0 Å². The van der Waals surface area contributed by atoms with E-state index >= 15 is 0 Å². The fraction of sp³-hybridized carbons (Fsp3) is 0.0435. The van der Waals surface area contributed by atoms with Crippen molar-refractivity contribution < 1.29 is 30.4 Å². The quantitative estimate of drug-likeness (QED) is 0.139. The summed E-state index contributed by atoms with van der Waals surface area (Å²) in [7, 11) is -9.48. The molecule has 0 unspecified atom stereocenters. The summed E-state index contributed by atoms with van der Waals surface area (Å²) >= 11 is 0. The molecule has 58 heavy (non-hydrogen) atoms. The van der Waals surface area contributed by atoms with E-state index in [1.807, 2.05) is 86.7 Å². The highest BCUT2D eigenvalue weighted by Crippen LogP contribution is 2.41. The normalized spacial score (nSPS) is 12.6. The summed E-state index contributed by atoms with van der Waals surface area (Å²) in [6, 6.07) is 35.4. The number of H-pyrrole nitrogens is 1. The van der Waals surface area contributed by atoms with Crippen LogP contribution in [0.25, 0.3) is 91.0 Å². The van der Waals surface area contributed by atoms with Gasteiger partial charge in [0.05, 0.1) is 33.9 Å². The highest BCUT2D eigenvalue weighted by Gasteiger charge is 2.25. The molecule has 286 valence electrons. The van der Waals surface area contributed by atoms with Crippen LogP contribution < -0.4 is 0 Å². The third-order valence-electron chi connectivity index (χ3n) is 10.2. The number of aryl methyl sites for hydroxylation is 2. The number of rotatable bonds is 6. The van der Waals surface area contributed by atoms with Crippen molar-refractivity contribution in [2.45, 2.75) is 23.6 Å². The molecular weight excluding hydrogens is 771 g/mol. The molecule has 0 radical (unpaired) electrons. The molecule has 0 saturated carbocycles. The van der Waals surface area contributed by atoms with Gasteiger partial charge in [-0.2, -0.15) is 16.8 Å². The van der Waals surface area contributed by atoms with E-state index in [2.05, 4.69) is 4.98 Å². The Labute approximate surface area is 334 Å². The van der Waals surface area contributed by atoms with Gasteiger partial charge >= 0.3 is 0 Å². The molecule has 4 aromatic carbocycles. The maximum absolute atomic E-state index is 12.9. The zero-order valence-electron chi connectivity index (χ0n) is 31.0. The van der Waals surface area contributed by atoms with E-state index in [1.165, 1.54) is 24.3 Å². The third-order valence-corrected chi connectivity index (χ3v) is 12.0. The van der Waals surface area contributed by atoms with Crippen molar-refractivity contribution in [2.24, 2.45) is 0 Å². The number of aromatic nitrogens is 3. The molecule has 12 heteroatoms. The van der Waals surface area contributed by atoms with Gasteiger partial charge in [0.2, 0.25) is 0 Å². The fourth-order valence-electron chi connectivity index (χ4n) is 7.49. The van der Waals surface area contributed by atoms with E-state index in [0.29, 0.717) is 22.8 Å². The first-order valence-corrected chi connectivity index (χ1v) is 21.1. The van der Waals surface area contributed by atoms with Crippen molar-refractivity contribution >= 4 is 66.7 Å². The molecule has 2 aliphatic heterocycles. The van der Waals surface area contributed by atoms with Gasteiger partial charge in [0, 0.05) is 33.3 Å². The van der Waals surface area contributed by atoms with E-state index in [9.17, 15) is 25.9 Å². The van der Waals surface area contributed by atoms with Crippen LogP contribution in [0.4, 0.5) is 0 Å². The predicted molar refractivity (Wildman–Crippen MR) is 228 cm³/mol. The molecule has 5 heterocycles. The molecule has 0 saturated heterocycles. The number of fused-ring (bicyclic) bond motifs is 8. The molecule has 0 spiro atoms. The van der Waals surface area contributed by atoms with Gasteiger partial charge in [0.15, 0.2) is 0 Å². The van der Waals surface area contributed by atoms with Gasteiger partial charge < -0.3 is 9.40 Å². The molecule has 3 N–H and O–H groups in total. The molecule has 9 rings (SSSR count). The maximum Gasteiger partial charge on any atom is 0.295 e. The topological polar surface area (TPSA) is 163 Å². The predicted octanol–water partition coefficient (Wildman–Crippen LogP) is 10.7. The Bertz CT molecular complexity index is 3070. The molecule has 0 amide bonds. The average Bonchev–Trinajstić information content (AvgIpc) is 4.04. The number of nitrogens with one attached hydrogen (secondary N) is 1. The van der Waals surface area contributed by atoms with Gasteiger partial charge in [0.25, 0.3) is 20.2 Å². The van der Waals surface area contributed by atoms with Crippen LogP contribution >= 0.6 is 0 Å². The van der Waals surface area contributed by atoms with Crippen LogP contribution in [0.1, 0.15) is 33.9 Å². The summed E-state index contributed by atoms with van der Waals surface area (Å²) in [5.74, 6) is 0. The minimum Gasteiger partial charge on any atom is -0.456 e. The number of aromatic amines is 1. The first-order valence-electron chi connectivity index (χ1n) is 18.2. The van der Waals surface area contributed by atoms with E-state index in [0.717, 1.165) is 44.4 Å². The van der Waals surface area contributed by atoms with Crippen molar-refractivity contribution in [3.05, 3.63) is 155 Å². The van der Waals surface area contributed by atoms with Crippen LogP contribution in [-0.4, -0.2) is 40.9 Å². The van der Waals surface area contributed by atoms with Crippen molar-refractivity contribution in [3.8, 4) is 44.5 Å². The Balaban J connectivity index is 1.52. The first-order chi connectivity index (χ1) is 27.8. The van der Waals surface area contributed by atoms with E-state index in [1.54, 1.807) is 48.6 Å². The molecule has 0 atom stereocenters. The summed E-state index contributed by atoms with van der Waals surface area (Å²) in [5.41, 5.74) is 9.92. The van der Waals surface area contributed by atoms with Gasteiger partial charge in [-0.3, -0.25) is 9.11 Å². The second-order valence-electron chi connectivity index (χ2n) is 14.1. The van der Waals surface area contributed by atoms with E-state index in [4.69, 9.17) is 14.4 Å². The monoisotopic (exact) mass is 803 g/mol. The van der Waals surface area contributed by atoms with Crippen molar-refractivity contribution in [3.63, 3.8) is 0 Å². The lowest BCUT2D eigenvalue weighted by Gasteiger charge is -2.09. The van der Waals surface area contributed by atoms with Gasteiger partial charge in [0.1, 0.15) is 21.0 Å². The minimum absolute atomic E-state index is 0.127. The van der Waals surface area contributed by atoms with E-state index in [-0.39, 0.29) is 43.2 Å². The van der Waals surface area contributed by atoms with Gasteiger partial charge in [-0.15, -0.1) is 0 Å². The third kappa shape index (κ3) is 6.67. The van der Waals surface area contributed by atoms with Gasteiger partial charge in [-0.1, -0.05) is 96.1 Å². The smallest absolute Gasteiger partial charge is 0.295 e. The number of nitrogens with zero attached hydrogens (tertiary/aromatic N) is 2.